The Kier molecular flexibility index (Phi) is 4.79. The fourth-order valence-corrected chi connectivity index (χ4v) is 0.681. The minimum Gasteiger partial charge on any atom is -0.368 e. The SMILES string of the molecule is CCO[C@@H](CNCl)C(F)(F)F. The highest BCUT2D eigenvalue weighted by Crippen LogP contribution is 2.22. The van der Waals surface area contributed by atoms with Gasteiger partial charge in [-0.1, -0.05) is 0 Å². The smallest absolute Gasteiger partial charge is 0.368 e. The van der Waals surface area contributed by atoms with Gasteiger partial charge in [-0.05, 0) is 18.7 Å². The molecular formula is C5H9ClF3NO. The second-order valence-electron chi connectivity index (χ2n) is 1.82. The van der Waals surface area contributed by atoms with E-state index in [9.17, 15) is 13.2 Å². The third-order valence-electron chi connectivity index (χ3n) is 0.995. The van der Waals surface area contributed by atoms with E-state index in [1.807, 2.05) is 4.84 Å². The van der Waals surface area contributed by atoms with E-state index in [-0.39, 0.29) is 6.61 Å². The van der Waals surface area contributed by atoms with Crippen LogP contribution >= 0.6 is 11.8 Å². The van der Waals surface area contributed by atoms with Crippen molar-refractivity contribution in [1.82, 2.24) is 4.84 Å². The molecule has 0 amide bonds. The van der Waals surface area contributed by atoms with Crippen LogP contribution in [0.1, 0.15) is 6.92 Å². The van der Waals surface area contributed by atoms with Crippen LogP contribution in [0.15, 0.2) is 0 Å². The van der Waals surface area contributed by atoms with Gasteiger partial charge >= 0.3 is 6.18 Å². The van der Waals surface area contributed by atoms with Crippen molar-refractivity contribution in [2.24, 2.45) is 0 Å². The molecule has 0 aliphatic carbocycles. The minimum absolute atomic E-state index is 0.0166. The van der Waals surface area contributed by atoms with Gasteiger partial charge in [0.15, 0.2) is 6.10 Å². The summed E-state index contributed by atoms with van der Waals surface area (Å²) in [6.45, 7) is 1.08. The average molecular weight is 192 g/mol. The van der Waals surface area contributed by atoms with Gasteiger partial charge in [-0.15, -0.1) is 0 Å². The van der Waals surface area contributed by atoms with E-state index in [1.165, 1.54) is 6.92 Å². The molecule has 0 heterocycles. The number of ether oxygens (including phenoxy) is 1. The van der Waals surface area contributed by atoms with E-state index in [0.717, 1.165) is 0 Å². The van der Waals surface area contributed by atoms with Crippen LogP contribution in [0.25, 0.3) is 0 Å². The Labute approximate surface area is 67.8 Å². The summed E-state index contributed by atoms with van der Waals surface area (Å²) in [5, 5.41) is 0. The minimum atomic E-state index is -4.35. The van der Waals surface area contributed by atoms with Crippen LogP contribution in [0.3, 0.4) is 0 Å². The van der Waals surface area contributed by atoms with Crippen molar-refractivity contribution in [3.8, 4) is 0 Å². The maximum atomic E-state index is 11.9. The molecule has 2 nitrogen and oxygen atoms in total. The number of halogens is 4. The summed E-state index contributed by atoms with van der Waals surface area (Å²) < 4.78 is 40.0. The third-order valence-corrected chi connectivity index (χ3v) is 1.15. The van der Waals surface area contributed by atoms with Crippen molar-refractivity contribution in [1.29, 1.82) is 0 Å². The van der Waals surface area contributed by atoms with E-state index in [4.69, 9.17) is 11.8 Å². The van der Waals surface area contributed by atoms with Gasteiger partial charge in [0.25, 0.3) is 0 Å². The van der Waals surface area contributed by atoms with Gasteiger partial charge in [-0.2, -0.15) is 13.2 Å². The predicted octanol–water partition coefficient (Wildman–Crippen LogP) is 1.70. The van der Waals surface area contributed by atoms with Crippen LogP contribution in [-0.4, -0.2) is 25.4 Å². The number of alkyl halides is 3. The molecule has 11 heavy (non-hydrogen) atoms. The second kappa shape index (κ2) is 4.79. The molecule has 0 aliphatic heterocycles. The van der Waals surface area contributed by atoms with Gasteiger partial charge in [0.05, 0.1) is 0 Å². The third kappa shape index (κ3) is 4.44. The Hall–Kier alpha value is -0.0000000000000000555. The van der Waals surface area contributed by atoms with E-state index in [0.29, 0.717) is 0 Å². The van der Waals surface area contributed by atoms with E-state index < -0.39 is 18.8 Å². The van der Waals surface area contributed by atoms with Crippen molar-refractivity contribution >= 4 is 11.8 Å². The molecule has 1 N–H and O–H groups in total. The Morgan fingerprint density at radius 1 is 1.55 bits per heavy atom. The molecule has 0 rings (SSSR count). The Balaban J connectivity index is 3.88. The normalized spacial score (nSPS) is 15.0. The average Bonchev–Trinajstić information content (AvgIpc) is 1.85. The van der Waals surface area contributed by atoms with Gasteiger partial charge in [-0.25, -0.2) is 4.84 Å². The van der Waals surface area contributed by atoms with Crippen molar-refractivity contribution in [2.75, 3.05) is 13.2 Å². The fraction of sp³-hybridized carbons (Fsp3) is 1.00. The molecule has 0 saturated carbocycles. The second-order valence-corrected chi connectivity index (χ2v) is 2.09. The van der Waals surface area contributed by atoms with Gasteiger partial charge in [-0.3, -0.25) is 0 Å². The van der Waals surface area contributed by atoms with Crippen LogP contribution < -0.4 is 4.84 Å². The highest BCUT2D eigenvalue weighted by atomic mass is 35.5. The largest absolute Gasteiger partial charge is 0.415 e. The molecule has 0 spiro atoms. The van der Waals surface area contributed by atoms with Crippen molar-refractivity contribution in [3.63, 3.8) is 0 Å². The van der Waals surface area contributed by atoms with E-state index in [1.54, 1.807) is 0 Å². The number of hydrogen-bond acceptors (Lipinski definition) is 2. The summed E-state index contributed by atoms with van der Waals surface area (Å²) in [4.78, 5) is 1.89. The zero-order valence-corrected chi connectivity index (χ0v) is 6.67. The fourth-order valence-electron chi connectivity index (χ4n) is 0.540. The maximum Gasteiger partial charge on any atom is 0.415 e. The molecule has 0 fully saturated rings. The molecule has 6 heteroatoms. The molecule has 0 bridgehead atoms. The van der Waals surface area contributed by atoms with Gasteiger partial charge in [0, 0.05) is 13.2 Å². The molecule has 0 aromatic rings. The summed E-state index contributed by atoms with van der Waals surface area (Å²) in [7, 11) is 0. The monoisotopic (exact) mass is 191 g/mol. The van der Waals surface area contributed by atoms with Crippen molar-refractivity contribution in [2.45, 2.75) is 19.2 Å². The van der Waals surface area contributed by atoms with Gasteiger partial charge in [0.1, 0.15) is 0 Å². The predicted molar refractivity (Wildman–Crippen MR) is 35.3 cm³/mol. The number of nitrogens with one attached hydrogen (secondary N) is 1. The number of hydrogen-bond donors (Lipinski definition) is 1. The van der Waals surface area contributed by atoms with Gasteiger partial charge < -0.3 is 4.74 Å². The lowest BCUT2D eigenvalue weighted by Gasteiger charge is -2.18. The lowest BCUT2D eigenvalue weighted by molar-refractivity contribution is -0.216. The first-order valence-electron chi connectivity index (χ1n) is 3.04. The maximum absolute atomic E-state index is 11.9. The van der Waals surface area contributed by atoms with Crippen LogP contribution in [-0.2, 0) is 4.74 Å². The summed E-state index contributed by atoms with van der Waals surface area (Å²) in [5.74, 6) is 0. The zero-order valence-electron chi connectivity index (χ0n) is 5.91. The highest BCUT2D eigenvalue weighted by Gasteiger charge is 2.39. The zero-order chi connectivity index (χ0) is 8.91. The molecule has 0 aromatic carbocycles. The molecule has 1 atom stereocenters. The summed E-state index contributed by atoms with van der Waals surface area (Å²) in [6, 6.07) is 0. The topological polar surface area (TPSA) is 21.3 Å². The highest BCUT2D eigenvalue weighted by molar-refractivity contribution is 6.13. The molecule has 0 radical (unpaired) electrons. The Morgan fingerprint density at radius 3 is 2.36 bits per heavy atom. The first-order chi connectivity index (χ1) is 5.02. The standard InChI is InChI=1S/C5H9ClF3NO/c1-2-11-4(3-10-6)5(7,8)9/h4,10H,2-3H2,1H3/t4-/m0/s1. The van der Waals surface area contributed by atoms with Crippen LogP contribution in [0, 0.1) is 0 Å². The van der Waals surface area contributed by atoms with E-state index >= 15 is 0 Å². The number of rotatable bonds is 4. The molecule has 0 saturated heterocycles. The van der Waals surface area contributed by atoms with E-state index in [2.05, 4.69) is 4.74 Å². The summed E-state index contributed by atoms with van der Waals surface area (Å²) >= 11 is 4.91. The Bertz CT molecular complexity index is 102. The van der Waals surface area contributed by atoms with Crippen molar-refractivity contribution < 1.29 is 17.9 Å². The van der Waals surface area contributed by atoms with Crippen LogP contribution in [0.2, 0.25) is 0 Å². The molecule has 0 unspecified atom stereocenters. The lowest BCUT2D eigenvalue weighted by Crippen LogP contribution is -2.38. The van der Waals surface area contributed by atoms with Crippen molar-refractivity contribution in [3.05, 3.63) is 0 Å². The molecule has 0 aliphatic rings. The lowest BCUT2D eigenvalue weighted by atomic mass is 10.3. The summed E-state index contributed by atoms with van der Waals surface area (Å²) in [6.07, 6.45) is -6.16. The first kappa shape index (κ1) is 11.0. The molecular weight excluding hydrogens is 183 g/mol. The van der Waals surface area contributed by atoms with Crippen LogP contribution in [0.4, 0.5) is 13.2 Å². The Morgan fingerprint density at radius 2 is 2.09 bits per heavy atom. The van der Waals surface area contributed by atoms with Gasteiger partial charge in [0.2, 0.25) is 0 Å². The molecule has 0 aromatic heterocycles. The first-order valence-corrected chi connectivity index (χ1v) is 3.42. The summed E-state index contributed by atoms with van der Waals surface area (Å²) in [5.41, 5.74) is 0. The molecule has 68 valence electrons. The van der Waals surface area contributed by atoms with Crippen LogP contribution in [0.5, 0.6) is 0 Å². The quantitative estimate of drug-likeness (QED) is 0.683.